The minimum Gasteiger partial charge on any atom is -0.349 e. The van der Waals surface area contributed by atoms with Gasteiger partial charge in [0.2, 0.25) is 15.5 Å². The van der Waals surface area contributed by atoms with Crippen LogP contribution in [0.1, 0.15) is 68.1 Å². The van der Waals surface area contributed by atoms with Gasteiger partial charge in [-0.1, -0.05) is 38.2 Å². The third-order valence-corrected chi connectivity index (χ3v) is 8.66. The fraction of sp³-hybridized carbons (Fsp3) is 0.520. The number of amides is 1. The quantitative estimate of drug-likeness (QED) is 0.649. The lowest BCUT2D eigenvalue weighted by Gasteiger charge is -2.23. The molecular weight excluding hydrogens is 438 g/mol. The second kappa shape index (κ2) is 10.2. The van der Waals surface area contributed by atoms with E-state index in [0.29, 0.717) is 25.2 Å². The fourth-order valence-corrected chi connectivity index (χ4v) is 6.47. The van der Waals surface area contributed by atoms with Crippen LogP contribution in [0.3, 0.4) is 0 Å². The van der Waals surface area contributed by atoms with Crippen molar-refractivity contribution in [2.45, 2.75) is 75.3 Å². The van der Waals surface area contributed by atoms with Gasteiger partial charge in [0.05, 0.1) is 10.4 Å². The summed E-state index contributed by atoms with van der Waals surface area (Å²) in [4.78, 5) is 26.5. The molecule has 2 aromatic rings. The monoisotopic (exact) mass is 471 g/mol. The maximum Gasteiger partial charge on any atom is 0.256 e. The average Bonchev–Trinajstić information content (AvgIpc) is 3.11. The van der Waals surface area contributed by atoms with Crippen molar-refractivity contribution < 1.29 is 13.2 Å². The van der Waals surface area contributed by atoms with Crippen LogP contribution in [0.25, 0.3) is 10.9 Å². The molecule has 1 aliphatic carbocycles. The summed E-state index contributed by atoms with van der Waals surface area (Å²) in [7, 11) is -3.71. The summed E-state index contributed by atoms with van der Waals surface area (Å²) in [5, 5.41) is 3.25. The molecule has 1 saturated carbocycles. The highest BCUT2D eigenvalue weighted by Crippen LogP contribution is 2.24. The van der Waals surface area contributed by atoms with E-state index in [1.807, 2.05) is 0 Å². The van der Waals surface area contributed by atoms with Crippen LogP contribution in [-0.4, -0.2) is 42.3 Å². The average molecular weight is 472 g/mol. The molecule has 1 aromatic heterocycles. The van der Waals surface area contributed by atoms with Crippen LogP contribution in [0.4, 0.5) is 0 Å². The summed E-state index contributed by atoms with van der Waals surface area (Å²) in [6.45, 7) is 5.16. The Labute approximate surface area is 195 Å². The van der Waals surface area contributed by atoms with E-state index in [9.17, 15) is 18.0 Å². The Hall–Kier alpha value is -2.45. The van der Waals surface area contributed by atoms with Crippen molar-refractivity contribution in [3.05, 3.63) is 52.8 Å². The number of sulfonamides is 1. The predicted molar refractivity (Wildman–Crippen MR) is 130 cm³/mol. The number of hydrogen-bond donors (Lipinski definition) is 1. The number of aromatic nitrogens is 1. The number of nitrogens with zero attached hydrogens (tertiary/aromatic N) is 2. The molecule has 178 valence electrons. The van der Waals surface area contributed by atoms with Crippen molar-refractivity contribution in [1.29, 1.82) is 0 Å². The first-order chi connectivity index (χ1) is 15.9. The number of rotatable bonds is 6. The van der Waals surface area contributed by atoms with Gasteiger partial charge in [-0.2, -0.15) is 4.31 Å². The van der Waals surface area contributed by atoms with E-state index in [1.165, 1.54) is 16.8 Å². The largest absolute Gasteiger partial charge is 0.349 e. The Morgan fingerprint density at radius 3 is 2.39 bits per heavy atom. The molecule has 1 N–H and O–H groups in total. The molecular formula is C25H33N3O4S. The third kappa shape index (κ3) is 5.06. The molecule has 33 heavy (non-hydrogen) atoms. The number of carbonyl (C=O) groups excluding carboxylic acids is 1. The lowest BCUT2D eigenvalue weighted by Crippen LogP contribution is -2.38. The van der Waals surface area contributed by atoms with Gasteiger partial charge in [0, 0.05) is 37.3 Å². The molecule has 2 aliphatic rings. The molecule has 0 radical (unpaired) electrons. The summed E-state index contributed by atoms with van der Waals surface area (Å²) in [5.74, 6) is -0.396. The van der Waals surface area contributed by atoms with Crippen molar-refractivity contribution in [2.75, 3.05) is 13.1 Å². The van der Waals surface area contributed by atoms with Gasteiger partial charge in [-0.15, -0.1) is 6.58 Å². The number of pyridine rings is 1. The molecule has 0 atom stereocenters. The highest BCUT2D eigenvalue weighted by Gasteiger charge is 2.27. The molecule has 1 aromatic carbocycles. The molecule has 2 heterocycles. The molecule has 1 amide bonds. The van der Waals surface area contributed by atoms with Gasteiger partial charge in [-0.25, -0.2) is 8.42 Å². The van der Waals surface area contributed by atoms with Gasteiger partial charge in [0.25, 0.3) is 5.91 Å². The Morgan fingerprint density at radius 1 is 1.06 bits per heavy atom. The van der Waals surface area contributed by atoms with Crippen molar-refractivity contribution in [1.82, 2.24) is 14.2 Å². The number of fused-ring (bicyclic) bond motifs is 1. The highest BCUT2D eigenvalue weighted by molar-refractivity contribution is 7.89. The molecule has 1 saturated heterocycles. The first-order valence-electron chi connectivity index (χ1n) is 12.0. The molecule has 0 bridgehead atoms. The van der Waals surface area contributed by atoms with Crippen LogP contribution in [-0.2, 0) is 16.6 Å². The van der Waals surface area contributed by atoms with Crippen LogP contribution in [0.15, 0.2) is 46.7 Å². The number of hydrogen-bond acceptors (Lipinski definition) is 4. The lowest BCUT2D eigenvalue weighted by atomic mass is 9.95. The van der Waals surface area contributed by atoms with Gasteiger partial charge < -0.3 is 9.88 Å². The summed E-state index contributed by atoms with van der Waals surface area (Å²) in [6, 6.07) is 4.73. The van der Waals surface area contributed by atoms with Crippen LogP contribution in [0.2, 0.25) is 0 Å². The van der Waals surface area contributed by atoms with E-state index >= 15 is 0 Å². The van der Waals surface area contributed by atoms with Gasteiger partial charge >= 0.3 is 0 Å². The van der Waals surface area contributed by atoms with E-state index in [-0.39, 0.29) is 21.9 Å². The summed E-state index contributed by atoms with van der Waals surface area (Å²) in [6.07, 6.45) is 12.1. The van der Waals surface area contributed by atoms with E-state index in [2.05, 4.69) is 11.9 Å². The number of nitrogens with one attached hydrogen (secondary N) is 1. The second-order valence-corrected chi connectivity index (χ2v) is 11.1. The van der Waals surface area contributed by atoms with Crippen LogP contribution < -0.4 is 10.7 Å². The molecule has 4 rings (SSSR count). The normalized spacial score (nSPS) is 18.7. The van der Waals surface area contributed by atoms with Crippen molar-refractivity contribution in [3.63, 3.8) is 0 Å². The first-order valence-corrected chi connectivity index (χ1v) is 13.4. The van der Waals surface area contributed by atoms with Crippen LogP contribution >= 0.6 is 0 Å². The highest BCUT2D eigenvalue weighted by atomic mass is 32.2. The Kier molecular flexibility index (Phi) is 7.34. The van der Waals surface area contributed by atoms with Crippen molar-refractivity contribution in [3.8, 4) is 0 Å². The molecule has 0 spiro atoms. The van der Waals surface area contributed by atoms with Gasteiger partial charge in [-0.3, -0.25) is 9.59 Å². The molecule has 8 heteroatoms. The zero-order valence-electron chi connectivity index (χ0n) is 19.1. The minimum absolute atomic E-state index is 0.0410. The van der Waals surface area contributed by atoms with Gasteiger partial charge in [0.15, 0.2) is 0 Å². The maximum atomic E-state index is 13.4. The lowest BCUT2D eigenvalue weighted by molar-refractivity contribution is 0.0926. The zero-order chi connectivity index (χ0) is 23.4. The first kappa shape index (κ1) is 23.7. The zero-order valence-corrected chi connectivity index (χ0v) is 19.9. The van der Waals surface area contributed by atoms with Crippen molar-refractivity contribution in [2.24, 2.45) is 0 Å². The molecule has 0 unspecified atom stereocenters. The maximum absolute atomic E-state index is 13.4. The van der Waals surface area contributed by atoms with Crippen molar-refractivity contribution >= 4 is 26.8 Å². The van der Waals surface area contributed by atoms with E-state index < -0.39 is 21.4 Å². The molecule has 2 fully saturated rings. The Bertz CT molecular complexity index is 1190. The second-order valence-electron chi connectivity index (χ2n) is 9.12. The fourth-order valence-electron chi connectivity index (χ4n) is 4.93. The molecule has 1 aliphatic heterocycles. The summed E-state index contributed by atoms with van der Waals surface area (Å²) in [5.41, 5.74) is 0.190. The number of carbonyl (C=O) groups is 1. The standard InChI is InChI=1S/C25H33N3O4S/c1-2-14-27-18-22(25(30)26-19-10-6-5-7-11-19)24(29)21-17-20(12-13-23(21)27)33(31,32)28-15-8-3-4-9-16-28/h2,12-13,17-19H,1,3-11,14-16H2,(H,26,30). The number of allylic oxidation sites excluding steroid dienone is 1. The summed E-state index contributed by atoms with van der Waals surface area (Å²) < 4.78 is 29.9. The predicted octanol–water partition coefficient (Wildman–Crippen LogP) is 3.81. The summed E-state index contributed by atoms with van der Waals surface area (Å²) >= 11 is 0. The van der Waals surface area contributed by atoms with Gasteiger partial charge in [0.1, 0.15) is 5.56 Å². The Balaban J connectivity index is 1.76. The smallest absolute Gasteiger partial charge is 0.256 e. The van der Waals surface area contributed by atoms with Gasteiger partial charge in [-0.05, 0) is 43.9 Å². The van der Waals surface area contributed by atoms with E-state index in [1.54, 1.807) is 29.0 Å². The van der Waals surface area contributed by atoms with E-state index in [0.717, 1.165) is 51.4 Å². The minimum atomic E-state index is -3.71. The molecule has 7 nitrogen and oxygen atoms in total. The third-order valence-electron chi connectivity index (χ3n) is 6.77. The Morgan fingerprint density at radius 2 is 1.73 bits per heavy atom. The van der Waals surface area contributed by atoms with Crippen LogP contribution in [0.5, 0.6) is 0 Å². The topological polar surface area (TPSA) is 88.5 Å². The van der Waals surface area contributed by atoms with E-state index in [4.69, 9.17) is 0 Å². The number of benzene rings is 1. The SMILES string of the molecule is C=CCn1cc(C(=O)NC2CCCCC2)c(=O)c2cc(S(=O)(=O)N3CCCCCC3)ccc21. The van der Waals surface area contributed by atoms with Crippen LogP contribution in [0, 0.1) is 0 Å².